The minimum absolute atomic E-state index is 0.0986. The molecule has 0 bridgehead atoms. The number of amides is 2. The normalized spacial score (nSPS) is 18.6. The fourth-order valence-electron chi connectivity index (χ4n) is 2.14. The Balaban J connectivity index is 1.89. The number of nitrogens with one attached hydrogen (secondary N) is 1. The fourth-order valence-corrected chi connectivity index (χ4v) is 4.16. The van der Waals surface area contributed by atoms with E-state index < -0.39 is 5.97 Å². The maximum atomic E-state index is 12.1. The van der Waals surface area contributed by atoms with Crippen molar-refractivity contribution in [3.8, 4) is 0 Å². The van der Waals surface area contributed by atoms with Gasteiger partial charge in [0.15, 0.2) is 0 Å². The van der Waals surface area contributed by atoms with Gasteiger partial charge in [0.05, 0.1) is 12.2 Å². The molecule has 0 aromatic carbocycles. The molecule has 2 amide bonds. The monoisotopic (exact) mass is 329 g/mol. The first-order valence-electron chi connectivity index (χ1n) is 6.85. The predicted octanol–water partition coefficient (Wildman–Crippen LogP) is 2.19. The van der Waals surface area contributed by atoms with E-state index in [1.54, 1.807) is 6.92 Å². The molecule has 6 nitrogen and oxygen atoms in total. The summed E-state index contributed by atoms with van der Waals surface area (Å²) >= 11 is 3.02. The van der Waals surface area contributed by atoms with E-state index in [0.29, 0.717) is 16.0 Å². The lowest BCUT2D eigenvalue weighted by molar-refractivity contribution is 0.0701. The largest absolute Gasteiger partial charge is 0.477 e. The third-order valence-electron chi connectivity index (χ3n) is 3.31. The summed E-state index contributed by atoms with van der Waals surface area (Å²) in [5, 5.41) is 12.9. The summed E-state index contributed by atoms with van der Waals surface area (Å²) in [6, 6.07) is -0.0986. The van der Waals surface area contributed by atoms with Crippen LogP contribution in [-0.4, -0.2) is 51.1 Å². The lowest BCUT2D eigenvalue weighted by atomic mass is 10.3. The van der Waals surface area contributed by atoms with Crippen molar-refractivity contribution >= 4 is 35.1 Å². The van der Waals surface area contributed by atoms with Crippen LogP contribution in [0.5, 0.6) is 0 Å². The highest BCUT2D eigenvalue weighted by molar-refractivity contribution is 8.00. The number of aromatic carboxylic acids is 1. The van der Waals surface area contributed by atoms with E-state index in [1.165, 1.54) is 0 Å². The second-order valence-electron chi connectivity index (χ2n) is 4.83. The van der Waals surface area contributed by atoms with E-state index in [0.717, 1.165) is 36.6 Å². The highest BCUT2D eigenvalue weighted by Crippen LogP contribution is 2.21. The van der Waals surface area contributed by atoms with Crippen LogP contribution in [-0.2, 0) is 6.54 Å². The molecule has 1 unspecified atom stereocenters. The van der Waals surface area contributed by atoms with Crippen molar-refractivity contribution < 1.29 is 14.7 Å². The van der Waals surface area contributed by atoms with Gasteiger partial charge in [0, 0.05) is 24.1 Å². The molecule has 0 saturated carbocycles. The third kappa shape index (κ3) is 4.10. The number of hydrogen-bond donors (Lipinski definition) is 2. The summed E-state index contributed by atoms with van der Waals surface area (Å²) in [5.41, 5.74) is 0.497. The van der Waals surface area contributed by atoms with Crippen LogP contribution >= 0.6 is 23.1 Å². The number of thioether (sulfide) groups is 1. The molecule has 1 aliphatic rings. The van der Waals surface area contributed by atoms with Crippen molar-refractivity contribution in [1.29, 1.82) is 0 Å². The summed E-state index contributed by atoms with van der Waals surface area (Å²) in [6.07, 6.45) is 1.06. The Morgan fingerprint density at radius 3 is 2.90 bits per heavy atom. The van der Waals surface area contributed by atoms with Gasteiger partial charge in [-0.1, -0.05) is 6.92 Å². The molecule has 1 aromatic rings. The fraction of sp³-hybridized carbons (Fsp3) is 0.615. The summed E-state index contributed by atoms with van der Waals surface area (Å²) in [7, 11) is 0. The second-order valence-corrected chi connectivity index (χ2v) is 7.32. The summed E-state index contributed by atoms with van der Waals surface area (Å²) in [6.45, 7) is 5.59. The molecule has 21 heavy (non-hydrogen) atoms. The molecule has 0 radical (unpaired) electrons. The Bertz CT molecular complexity index is 533. The van der Waals surface area contributed by atoms with E-state index in [2.05, 4.69) is 17.2 Å². The zero-order valence-electron chi connectivity index (χ0n) is 12.1. The molecule has 2 heterocycles. The van der Waals surface area contributed by atoms with E-state index in [1.807, 2.05) is 16.7 Å². The maximum Gasteiger partial charge on any atom is 0.347 e. The number of rotatable bonds is 4. The molecule has 1 atom stereocenters. The zero-order valence-corrected chi connectivity index (χ0v) is 13.7. The second kappa shape index (κ2) is 7.13. The first kappa shape index (κ1) is 16.1. The molecule has 2 rings (SSSR count). The number of urea groups is 1. The molecule has 116 valence electrons. The van der Waals surface area contributed by atoms with Crippen LogP contribution in [0.15, 0.2) is 0 Å². The Kier molecular flexibility index (Phi) is 5.46. The molecule has 0 spiro atoms. The van der Waals surface area contributed by atoms with Crippen LogP contribution in [0, 0.1) is 6.92 Å². The molecule has 1 fully saturated rings. The number of carboxylic acids is 1. The number of carboxylic acid groups (broad SMARTS) is 1. The van der Waals surface area contributed by atoms with Gasteiger partial charge in [-0.05, 0) is 13.3 Å². The number of aromatic nitrogens is 1. The first-order chi connectivity index (χ1) is 10.0. The van der Waals surface area contributed by atoms with Gasteiger partial charge in [-0.3, -0.25) is 0 Å². The SMILES string of the molecule is CCC1CN(C(=O)NCc2nc(C)c(C(=O)O)s2)CCS1. The first-order valence-corrected chi connectivity index (χ1v) is 8.71. The van der Waals surface area contributed by atoms with Gasteiger partial charge in [0.2, 0.25) is 0 Å². The Hall–Kier alpha value is -1.28. The van der Waals surface area contributed by atoms with E-state index in [4.69, 9.17) is 5.11 Å². The minimum Gasteiger partial charge on any atom is -0.477 e. The molecule has 1 aromatic heterocycles. The van der Waals surface area contributed by atoms with Crippen LogP contribution < -0.4 is 5.32 Å². The zero-order chi connectivity index (χ0) is 15.4. The van der Waals surface area contributed by atoms with Gasteiger partial charge in [-0.2, -0.15) is 11.8 Å². The number of carbonyl (C=O) groups is 2. The summed E-state index contributed by atoms with van der Waals surface area (Å²) in [4.78, 5) is 29.3. The van der Waals surface area contributed by atoms with Gasteiger partial charge in [0.1, 0.15) is 9.88 Å². The number of nitrogens with zero attached hydrogens (tertiary/aromatic N) is 2. The minimum atomic E-state index is -0.971. The molecular weight excluding hydrogens is 310 g/mol. The highest BCUT2D eigenvalue weighted by atomic mass is 32.2. The van der Waals surface area contributed by atoms with E-state index >= 15 is 0 Å². The van der Waals surface area contributed by atoms with Gasteiger partial charge in [0.25, 0.3) is 0 Å². The molecule has 0 aliphatic carbocycles. The van der Waals surface area contributed by atoms with Crippen molar-refractivity contribution in [2.24, 2.45) is 0 Å². The molecule has 1 saturated heterocycles. The van der Waals surface area contributed by atoms with Crippen LogP contribution in [0.2, 0.25) is 0 Å². The Morgan fingerprint density at radius 1 is 1.52 bits per heavy atom. The lowest BCUT2D eigenvalue weighted by Gasteiger charge is -2.31. The quantitative estimate of drug-likeness (QED) is 0.885. The van der Waals surface area contributed by atoms with Crippen LogP contribution in [0.4, 0.5) is 4.79 Å². The van der Waals surface area contributed by atoms with Gasteiger partial charge >= 0.3 is 12.0 Å². The van der Waals surface area contributed by atoms with E-state index in [9.17, 15) is 9.59 Å². The van der Waals surface area contributed by atoms with Gasteiger partial charge in [-0.25, -0.2) is 14.6 Å². The third-order valence-corrected chi connectivity index (χ3v) is 5.82. The van der Waals surface area contributed by atoms with E-state index in [-0.39, 0.29) is 17.5 Å². The predicted molar refractivity (Wildman–Crippen MR) is 84.2 cm³/mol. The number of carbonyl (C=O) groups excluding carboxylic acids is 1. The van der Waals surface area contributed by atoms with Crippen molar-refractivity contribution in [2.75, 3.05) is 18.8 Å². The number of thiazole rings is 1. The van der Waals surface area contributed by atoms with Crippen LogP contribution in [0.25, 0.3) is 0 Å². The standard InChI is InChI=1S/C13H19N3O3S2/c1-3-9-7-16(4-5-20-9)13(19)14-6-10-15-8(2)11(21-10)12(17)18/h9H,3-7H2,1-2H3,(H,14,19)(H,17,18). The van der Waals surface area contributed by atoms with Crippen LogP contribution in [0.3, 0.4) is 0 Å². The molecule has 2 N–H and O–H groups in total. The highest BCUT2D eigenvalue weighted by Gasteiger charge is 2.23. The number of hydrogen-bond acceptors (Lipinski definition) is 5. The summed E-state index contributed by atoms with van der Waals surface area (Å²) in [5.74, 6) is -0.00717. The van der Waals surface area contributed by atoms with Gasteiger partial charge in [-0.15, -0.1) is 11.3 Å². The van der Waals surface area contributed by atoms with Crippen molar-refractivity contribution in [3.05, 3.63) is 15.6 Å². The number of aryl methyl sites for hydroxylation is 1. The smallest absolute Gasteiger partial charge is 0.347 e. The van der Waals surface area contributed by atoms with Crippen LogP contribution in [0.1, 0.15) is 33.7 Å². The van der Waals surface area contributed by atoms with Gasteiger partial charge < -0.3 is 15.3 Å². The molecule has 8 heteroatoms. The van der Waals surface area contributed by atoms with Crippen molar-refractivity contribution in [2.45, 2.75) is 32.1 Å². The Labute approximate surface area is 131 Å². The average Bonchev–Trinajstić information content (AvgIpc) is 2.86. The van der Waals surface area contributed by atoms with Crippen molar-refractivity contribution in [3.63, 3.8) is 0 Å². The topological polar surface area (TPSA) is 82.5 Å². The lowest BCUT2D eigenvalue weighted by Crippen LogP contribution is -2.46. The molecule has 1 aliphatic heterocycles. The Morgan fingerprint density at radius 2 is 2.29 bits per heavy atom. The average molecular weight is 329 g/mol. The van der Waals surface area contributed by atoms with Crippen molar-refractivity contribution in [1.82, 2.24) is 15.2 Å². The summed E-state index contributed by atoms with van der Waals surface area (Å²) < 4.78 is 0. The molecular formula is C13H19N3O3S2. The maximum absolute atomic E-state index is 12.1.